The molecule has 0 radical (unpaired) electrons. The van der Waals surface area contributed by atoms with Gasteiger partial charge in [0.25, 0.3) is 0 Å². The van der Waals surface area contributed by atoms with E-state index in [4.69, 9.17) is 4.74 Å². The Bertz CT molecular complexity index is 427. The molecule has 1 aromatic heterocycles. The summed E-state index contributed by atoms with van der Waals surface area (Å²) in [6.45, 7) is 12.6. The molecular weight excluding hydrogens is 226 g/mol. The lowest BCUT2D eigenvalue weighted by molar-refractivity contribution is 0.305. The van der Waals surface area contributed by atoms with Crippen LogP contribution in [0.5, 0.6) is 5.88 Å². The smallest absolute Gasteiger partial charge is 0.221 e. The van der Waals surface area contributed by atoms with Crippen molar-refractivity contribution in [3.8, 4) is 5.88 Å². The van der Waals surface area contributed by atoms with E-state index < -0.39 is 0 Å². The molecule has 18 heavy (non-hydrogen) atoms. The van der Waals surface area contributed by atoms with Gasteiger partial charge in [0.05, 0.1) is 12.2 Å². The Morgan fingerprint density at radius 3 is 2.56 bits per heavy atom. The molecule has 0 unspecified atom stereocenters. The van der Waals surface area contributed by atoms with Gasteiger partial charge in [-0.05, 0) is 13.8 Å². The van der Waals surface area contributed by atoms with Crippen LogP contribution >= 0.6 is 0 Å². The molecule has 0 spiro atoms. The molecule has 0 aliphatic heterocycles. The van der Waals surface area contributed by atoms with E-state index in [2.05, 4.69) is 35.7 Å². The van der Waals surface area contributed by atoms with Gasteiger partial charge in [0, 0.05) is 19.4 Å². The maximum Gasteiger partial charge on any atom is 0.221 e. The highest BCUT2D eigenvalue weighted by atomic mass is 16.5. The van der Waals surface area contributed by atoms with Crippen molar-refractivity contribution in [3.05, 3.63) is 23.5 Å². The standard InChI is InChI=1S/C14H23N3O/c1-9(2)7-8-18-14-11(5)13(15-6)16-12(17-14)10(3)4/h10H,1,7-8H2,2-6H3,(H,15,16,17). The van der Waals surface area contributed by atoms with Crippen LogP contribution in [0.15, 0.2) is 12.2 Å². The third kappa shape index (κ3) is 3.72. The molecule has 0 atom stereocenters. The third-order valence-corrected chi connectivity index (χ3v) is 2.64. The summed E-state index contributed by atoms with van der Waals surface area (Å²) in [5.41, 5.74) is 2.06. The van der Waals surface area contributed by atoms with Crippen LogP contribution in [-0.2, 0) is 0 Å². The zero-order valence-electron chi connectivity index (χ0n) is 12.0. The van der Waals surface area contributed by atoms with Gasteiger partial charge in [-0.3, -0.25) is 0 Å². The molecule has 4 heteroatoms. The van der Waals surface area contributed by atoms with Crippen LogP contribution in [-0.4, -0.2) is 23.6 Å². The maximum absolute atomic E-state index is 5.73. The Morgan fingerprint density at radius 2 is 2.06 bits per heavy atom. The molecule has 1 N–H and O–H groups in total. The Hall–Kier alpha value is -1.58. The molecule has 4 nitrogen and oxygen atoms in total. The molecule has 1 rings (SSSR count). The molecule has 0 saturated heterocycles. The highest BCUT2D eigenvalue weighted by Gasteiger charge is 2.13. The van der Waals surface area contributed by atoms with Gasteiger partial charge in [-0.15, -0.1) is 6.58 Å². The van der Waals surface area contributed by atoms with E-state index in [-0.39, 0.29) is 5.92 Å². The van der Waals surface area contributed by atoms with Gasteiger partial charge in [0.2, 0.25) is 5.88 Å². The van der Waals surface area contributed by atoms with Crippen molar-refractivity contribution in [2.24, 2.45) is 0 Å². The molecular formula is C14H23N3O. The molecule has 0 amide bonds. The minimum absolute atomic E-state index is 0.279. The van der Waals surface area contributed by atoms with Crippen molar-refractivity contribution in [2.75, 3.05) is 19.0 Å². The molecule has 0 fully saturated rings. The van der Waals surface area contributed by atoms with Crippen molar-refractivity contribution in [2.45, 2.75) is 40.0 Å². The Labute approximate surface area is 109 Å². The van der Waals surface area contributed by atoms with Gasteiger partial charge in [-0.2, -0.15) is 4.98 Å². The summed E-state index contributed by atoms with van der Waals surface area (Å²) in [5.74, 6) is 2.58. The minimum atomic E-state index is 0.279. The molecule has 0 aromatic carbocycles. The number of anilines is 1. The Kier molecular flexibility index (Phi) is 5.13. The van der Waals surface area contributed by atoms with Crippen molar-refractivity contribution < 1.29 is 4.74 Å². The minimum Gasteiger partial charge on any atom is -0.477 e. The lowest BCUT2D eigenvalue weighted by atomic mass is 10.2. The predicted octanol–water partition coefficient (Wildman–Crippen LogP) is 3.30. The lowest BCUT2D eigenvalue weighted by Gasteiger charge is -2.14. The van der Waals surface area contributed by atoms with Crippen LogP contribution in [0.3, 0.4) is 0 Å². The molecule has 0 bridgehead atoms. The van der Waals surface area contributed by atoms with E-state index >= 15 is 0 Å². The van der Waals surface area contributed by atoms with Gasteiger partial charge in [0.15, 0.2) is 0 Å². The van der Waals surface area contributed by atoms with E-state index in [0.717, 1.165) is 29.2 Å². The highest BCUT2D eigenvalue weighted by molar-refractivity contribution is 5.48. The van der Waals surface area contributed by atoms with Gasteiger partial charge in [-0.1, -0.05) is 19.4 Å². The highest BCUT2D eigenvalue weighted by Crippen LogP contribution is 2.24. The van der Waals surface area contributed by atoms with Crippen LogP contribution < -0.4 is 10.1 Å². The number of nitrogens with zero attached hydrogens (tertiary/aromatic N) is 2. The normalized spacial score (nSPS) is 10.6. The van der Waals surface area contributed by atoms with Crippen LogP contribution in [0.1, 0.15) is 44.5 Å². The monoisotopic (exact) mass is 249 g/mol. The first-order chi connectivity index (χ1) is 8.45. The first-order valence-corrected chi connectivity index (χ1v) is 6.29. The van der Waals surface area contributed by atoms with Gasteiger partial charge in [0.1, 0.15) is 11.6 Å². The number of rotatable bonds is 6. The fourth-order valence-corrected chi connectivity index (χ4v) is 1.48. The Morgan fingerprint density at radius 1 is 1.39 bits per heavy atom. The zero-order valence-corrected chi connectivity index (χ0v) is 12.0. The number of aromatic nitrogens is 2. The van der Waals surface area contributed by atoms with Crippen molar-refractivity contribution >= 4 is 5.82 Å². The third-order valence-electron chi connectivity index (χ3n) is 2.64. The van der Waals surface area contributed by atoms with Gasteiger partial charge < -0.3 is 10.1 Å². The lowest BCUT2D eigenvalue weighted by Crippen LogP contribution is -2.09. The second-order valence-corrected chi connectivity index (χ2v) is 4.82. The van der Waals surface area contributed by atoms with Crippen LogP contribution in [0.4, 0.5) is 5.82 Å². The average molecular weight is 249 g/mol. The van der Waals surface area contributed by atoms with Gasteiger partial charge >= 0.3 is 0 Å². The number of nitrogens with one attached hydrogen (secondary N) is 1. The SMILES string of the molecule is C=C(C)CCOc1nc(C(C)C)nc(NC)c1C. The van der Waals surface area contributed by atoms with Crippen LogP contribution in [0.25, 0.3) is 0 Å². The average Bonchev–Trinajstić information content (AvgIpc) is 2.30. The molecule has 0 aliphatic carbocycles. The molecule has 100 valence electrons. The summed E-state index contributed by atoms with van der Waals surface area (Å²) in [4.78, 5) is 8.95. The summed E-state index contributed by atoms with van der Waals surface area (Å²) in [6.07, 6.45) is 0.843. The second kappa shape index (κ2) is 6.38. The van der Waals surface area contributed by atoms with E-state index in [1.54, 1.807) is 0 Å². The topological polar surface area (TPSA) is 47.0 Å². The fraction of sp³-hybridized carbons (Fsp3) is 0.571. The van der Waals surface area contributed by atoms with E-state index in [0.29, 0.717) is 12.5 Å². The van der Waals surface area contributed by atoms with Gasteiger partial charge in [-0.25, -0.2) is 4.98 Å². The summed E-state index contributed by atoms with van der Waals surface area (Å²) < 4.78 is 5.73. The van der Waals surface area contributed by atoms with E-state index in [1.165, 1.54) is 0 Å². The Balaban J connectivity index is 2.94. The van der Waals surface area contributed by atoms with Crippen LogP contribution in [0.2, 0.25) is 0 Å². The van der Waals surface area contributed by atoms with Crippen LogP contribution in [0, 0.1) is 6.92 Å². The fourth-order valence-electron chi connectivity index (χ4n) is 1.48. The maximum atomic E-state index is 5.73. The van der Waals surface area contributed by atoms with Crippen molar-refractivity contribution in [1.29, 1.82) is 0 Å². The summed E-state index contributed by atoms with van der Waals surface area (Å²) in [6, 6.07) is 0. The van der Waals surface area contributed by atoms with E-state index in [9.17, 15) is 0 Å². The number of hydrogen-bond acceptors (Lipinski definition) is 4. The first-order valence-electron chi connectivity index (χ1n) is 6.29. The zero-order chi connectivity index (χ0) is 13.7. The molecule has 0 aliphatic rings. The summed E-state index contributed by atoms with van der Waals surface area (Å²) in [7, 11) is 1.86. The predicted molar refractivity (Wildman–Crippen MR) is 75.3 cm³/mol. The summed E-state index contributed by atoms with van der Waals surface area (Å²) in [5, 5.41) is 3.08. The number of hydrogen-bond donors (Lipinski definition) is 1. The summed E-state index contributed by atoms with van der Waals surface area (Å²) >= 11 is 0. The molecule has 0 saturated carbocycles. The number of ether oxygens (including phenoxy) is 1. The molecule has 1 heterocycles. The quantitative estimate of drug-likeness (QED) is 0.786. The molecule has 1 aromatic rings. The first kappa shape index (κ1) is 14.5. The van der Waals surface area contributed by atoms with Crippen molar-refractivity contribution in [3.63, 3.8) is 0 Å². The van der Waals surface area contributed by atoms with Crippen molar-refractivity contribution in [1.82, 2.24) is 9.97 Å². The largest absolute Gasteiger partial charge is 0.477 e. The van der Waals surface area contributed by atoms with E-state index in [1.807, 2.05) is 20.9 Å². The second-order valence-electron chi connectivity index (χ2n) is 4.82.